The van der Waals surface area contributed by atoms with Crippen LogP contribution in [0.25, 0.3) is 0 Å². The topological polar surface area (TPSA) is 46.2 Å². The zero-order valence-corrected chi connectivity index (χ0v) is 9.04. The van der Waals surface area contributed by atoms with Crippen LogP contribution in [0.5, 0.6) is 0 Å². The fraction of sp³-hybridized carbons (Fsp3) is 0.455. The van der Waals surface area contributed by atoms with Crippen molar-refractivity contribution >= 4 is 11.6 Å². The molecule has 0 bridgehead atoms. The number of benzene rings is 1. The smallest absolute Gasteiger partial charge is 0.0844 e. The molecule has 14 heavy (non-hydrogen) atoms. The lowest BCUT2D eigenvalue weighted by atomic mass is 9.94. The van der Waals surface area contributed by atoms with Crippen LogP contribution in [0.15, 0.2) is 24.3 Å². The highest BCUT2D eigenvalue weighted by Crippen LogP contribution is 2.29. The quantitative estimate of drug-likeness (QED) is 0.807. The summed E-state index contributed by atoms with van der Waals surface area (Å²) >= 11 is 5.98. The van der Waals surface area contributed by atoms with Crippen molar-refractivity contribution in [3.8, 4) is 0 Å². The molecule has 1 rings (SSSR count). The van der Waals surface area contributed by atoms with E-state index >= 15 is 0 Å². The van der Waals surface area contributed by atoms with Crippen LogP contribution in [-0.4, -0.2) is 11.7 Å². The maximum Gasteiger partial charge on any atom is 0.0844 e. The van der Waals surface area contributed by atoms with Crippen LogP contribution in [-0.2, 0) is 0 Å². The van der Waals surface area contributed by atoms with Crippen LogP contribution < -0.4 is 5.73 Å². The second-order valence-corrected chi connectivity index (χ2v) is 3.78. The molecule has 0 amide bonds. The lowest BCUT2D eigenvalue weighted by Gasteiger charge is -2.20. The van der Waals surface area contributed by atoms with E-state index in [2.05, 4.69) is 0 Å². The van der Waals surface area contributed by atoms with Gasteiger partial charge >= 0.3 is 0 Å². The van der Waals surface area contributed by atoms with E-state index in [1.807, 2.05) is 25.1 Å². The van der Waals surface area contributed by atoms with Gasteiger partial charge in [0, 0.05) is 10.9 Å². The van der Waals surface area contributed by atoms with Gasteiger partial charge in [0.05, 0.1) is 6.10 Å². The highest BCUT2D eigenvalue weighted by atomic mass is 35.5. The number of hydrogen-bond donors (Lipinski definition) is 2. The molecule has 0 radical (unpaired) electrons. The van der Waals surface area contributed by atoms with E-state index < -0.39 is 6.10 Å². The third-order valence-corrected chi connectivity index (χ3v) is 2.84. The molecule has 3 N–H and O–H groups in total. The Labute approximate surface area is 89.7 Å². The van der Waals surface area contributed by atoms with E-state index in [0.717, 1.165) is 12.0 Å². The monoisotopic (exact) mass is 213 g/mol. The molecule has 0 fully saturated rings. The molecule has 2 atom stereocenters. The van der Waals surface area contributed by atoms with Crippen LogP contribution in [0.3, 0.4) is 0 Å². The van der Waals surface area contributed by atoms with Gasteiger partial charge in [-0.25, -0.2) is 0 Å². The van der Waals surface area contributed by atoms with Crippen molar-refractivity contribution in [1.82, 2.24) is 0 Å². The van der Waals surface area contributed by atoms with E-state index in [-0.39, 0.29) is 5.92 Å². The molecule has 0 saturated heterocycles. The van der Waals surface area contributed by atoms with Crippen LogP contribution >= 0.6 is 11.6 Å². The lowest BCUT2D eigenvalue weighted by Crippen LogP contribution is -2.21. The van der Waals surface area contributed by atoms with Crippen molar-refractivity contribution in [3.63, 3.8) is 0 Å². The third kappa shape index (κ3) is 2.47. The van der Waals surface area contributed by atoms with Crippen molar-refractivity contribution < 1.29 is 5.11 Å². The summed E-state index contributed by atoms with van der Waals surface area (Å²) in [6.07, 6.45) is 0.293. The molecule has 2 unspecified atom stereocenters. The molecule has 2 nitrogen and oxygen atoms in total. The summed E-state index contributed by atoms with van der Waals surface area (Å²) in [7, 11) is 0. The van der Waals surface area contributed by atoms with Crippen molar-refractivity contribution in [2.45, 2.75) is 19.4 Å². The Bertz CT molecular complexity index is 286. The molecule has 0 aromatic heterocycles. The fourth-order valence-electron chi connectivity index (χ4n) is 1.49. The molecule has 0 heterocycles. The van der Waals surface area contributed by atoms with Crippen molar-refractivity contribution in [2.24, 2.45) is 11.7 Å². The van der Waals surface area contributed by atoms with Gasteiger partial charge in [0.2, 0.25) is 0 Å². The average Bonchev–Trinajstić information content (AvgIpc) is 2.20. The molecular weight excluding hydrogens is 198 g/mol. The van der Waals surface area contributed by atoms with Crippen LogP contribution in [0, 0.1) is 5.92 Å². The molecule has 0 aliphatic rings. The maximum atomic E-state index is 10.00. The minimum absolute atomic E-state index is 0.0786. The standard InChI is InChI=1S/C11H16ClNO/c1-2-8(7-13)11(14)9-5-3-4-6-10(9)12/h3-6,8,11,14H,2,7,13H2,1H3. The zero-order chi connectivity index (χ0) is 10.6. The van der Waals surface area contributed by atoms with Crippen molar-refractivity contribution in [3.05, 3.63) is 34.9 Å². The van der Waals surface area contributed by atoms with Gasteiger partial charge in [0.25, 0.3) is 0 Å². The molecule has 3 heteroatoms. The van der Waals surface area contributed by atoms with Gasteiger partial charge in [0.15, 0.2) is 0 Å². The second kappa shape index (κ2) is 5.35. The third-order valence-electron chi connectivity index (χ3n) is 2.50. The number of nitrogens with two attached hydrogens (primary N) is 1. The summed E-state index contributed by atoms with van der Waals surface area (Å²) in [6.45, 7) is 2.49. The second-order valence-electron chi connectivity index (χ2n) is 3.37. The van der Waals surface area contributed by atoms with E-state index in [1.54, 1.807) is 6.07 Å². The minimum Gasteiger partial charge on any atom is -0.388 e. The predicted octanol–water partition coefficient (Wildman–Crippen LogP) is 2.36. The Morgan fingerprint density at radius 1 is 1.43 bits per heavy atom. The van der Waals surface area contributed by atoms with E-state index in [4.69, 9.17) is 17.3 Å². The summed E-state index contributed by atoms with van der Waals surface area (Å²) < 4.78 is 0. The molecule has 1 aromatic carbocycles. The normalized spacial score (nSPS) is 15.1. The molecule has 0 saturated carbocycles. The summed E-state index contributed by atoms with van der Waals surface area (Å²) in [4.78, 5) is 0. The highest BCUT2D eigenvalue weighted by molar-refractivity contribution is 6.31. The van der Waals surface area contributed by atoms with Crippen LogP contribution in [0.1, 0.15) is 25.0 Å². The summed E-state index contributed by atoms with van der Waals surface area (Å²) in [5.41, 5.74) is 6.34. The Morgan fingerprint density at radius 3 is 2.57 bits per heavy atom. The molecular formula is C11H16ClNO. The summed E-state index contributed by atoms with van der Waals surface area (Å²) in [5, 5.41) is 10.6. The lowest BCUT2D eigenvalue weighted by molar-refractivity contribution is 0.110. The number of rotatable bonds is 4. The minimum atomic E-state index is -0.557. The average molecular weight is 214 g/mol. The first-order valence-corrected chi connectivity index (χ1v) is 5.21. The van der Waals surface area contributed by atoms with Crippen molar-refractivity contribution in [1.29, 1.82) is 0 Å². The van der Waals surface area contributed by atoms with Gasteiger partial charge < -0.3 is 10.8 Å². The highest BCUT2D eigenvalue weighted by Gasteiger charge is 2.19. The SMILES string of the molecule is CCC(CN)C(O)c1ccccc1Cl. The van der Waals surface area contributed by atoms with Gasteiger partial charge in [-0.15, -0.1) is 0 Å². The first-order chi connectivity index (χ1) is 6.70. The molecule has 78 valence electrons. The predicted molar refractivity (Wildman–Crippen MR) is 59.2 cm³/mol. The van der Waals surface area contributed by atoms with E-state index in [9.17, 15) is 5.11 Å². The number of aliphatic hydroxyl groups is 1. The van der Waals surface area contributed by atoms with Gasteiger partial charge in [-0.2, -0.15) is 0 Å². The van der Waals surface area contributed by atoms with Crippen LogP contribution in [0.4, 0.5) is 0 Å². The Morgan fingerprint density at radius 2 is 2.07 bits per heavy atom. The van der Waals surface area contributed by atoms with E-state index in [0.29, 0.717) is 11.6 Å². The number of halogens is 1. The molecule has 1 aromatic rings. The Balaban J connectivity index is 2.88. The number of hydrogen-bond acceptors (Lipinski definition) is 2. The first kappa shape index (κ1) is 11.5. The van der Waals surface area contributed by atoms with Crippen LogP contribution in [0.2, 0.25) is 5.02 Å². The number of aliphatic hydroxyl groups excluding tert-OH is 1. The van der Waals surface area contributed by atoms with E-state index in [1.165, 1.54) is 0 Å². The van der Waals surface area contributed by atoms with Gasteiger partial charge in [0.1, 0.15) is 0 Å². The zero-order valence-electron chi connectivity index (χ0n) is 8.28. The van der Waals surface area contributed by atoms with Gasteiger partial charge in [-0.1, -0.05) is 36.7 Å². The summed E-state index contributed by atoms with van der Waals surface area (Å²) in [6, 6.07) is 7.34. The first-order valence-electron chi connectivity index (χ1n) is 4.83. The summed E-state index contributed by atoms with van der Waals surface area (Å²) in [5.74, 6) is 0.0786. The Hall–Kier alpha value is -0.570. The van der Waals surface area contributed by atoms with Gasteiger partial charge in [-0.3, -0.25) is 0 Å². The largest absolute Gasteiger partial charge is 0.388 e. The van der Waals surface area contributed by atoms with Gasteiger partial charge in [-0.05, 0) is 24.6 Å². The fourth-order valence-corrected chi connectivity index (χ4v) is 1.74. The Kier molecular flexibility index (Phi) is 4.39. The molecule has 0 aliphatic carbocycles. The van der Waals surface area contributed by atoms with Crippen molar-refractivity contribution in [2.75, 3.05) is 6.54 Å². The molecule has 0 spiro atoms. The maximum absolute atomic E-state index is 10.00. The molecule has 0 aliphatic heterocycles.